The van der Waals surface area contributed by atoms with Gasteiger partial charge in [-0.25, -0.2) is 5.48 Å². The Morgan fingerprint density at radius 1 is 0.914 bits per heavy atom. The normalized spacial score (nSPS) is 11.5. The van der Waals surface area contributed by atoms with Gasteiger partial charge in [-0.05, 0) is 60.2 Å². The number of benzene rings is 3. The highest BCUT2D eigenvalue weighted by molar-refractivity contribution is 6.02. The highest BCUT2D eigenvalue weighted by Gasteiger charge is 2.23. The van der Waals surface area contributed by atoms with Crippen molar-refractivity contribution >= 4 is 34.3 Å². The first kappa shape index (κ1) is 23.5. The van der Waals surface area contributed by atoms with Gasteiger partial charge in [0.25, 0.3) is 11.8 Å². The van der Waals surface area contributed by atoms with E-state index < -0.39 is 23.8 Å². The van der Waals surface area contributed by atoms with Crippen LogP contribution in [-0.2, 0) is 11.2 Å². The summed E-state index contributed by atoms with van der Waals surface area (Å²) >= 11 is 0. The van der Waals surface area contributed by atoms with E-state index in [1.807, 2.05) is 30.5 Å². The summed E-state index contributed by atoms with van der Waals surface area (Å²) in [5, 5.41) is 15.3. The lowest BCUT2D eigenvalue weighted by molar-refractivity contribution is -0.118. The zero-order valence-electron chi connectivity index (χ0n) is 18.9. The molecule has 0 aliphatic heterocycles. The quantitative estimate of drug-likeness (QED) is 0.198. The predicted octanol–water partition coefficient (Wildman–Crippen LogP) is 3.28. The lowest BCUT2D eigenvalue weighted by Crippen LogP contribution is -2.45. The number of hydrogen-bond acceptors (Lipinski definition) is 5. The number of para-hydroxylation sites is 1. The molecule has 0 aliphatic rings. The maximum absolute atomic E-state index is 13.2. The van der Waals surface area contributed by atoms with Crippen molar-refractivity contribution in [2.75, 3.05) is 12.4 Å². The highest BCUT2D eigenvalue weighted by atomic mass is 16.5. The fourth-order valence-electron chi connectivity index (χ4n) is 3.71. The minimum atomic E-state index is -0.885. The number of rotatable bonds is 8. The third-order valence-electron chi connectivity index (χ3n) is 5.59. The Labute approximate surface area is 201 Å². The molecule has 0 bridgehead atoms. The zero-order chi connectivity index (χ0) is 24.8. The number of methoxy groups -OCH3 is 1. The lowest BCUT2D eigenvalue weighted by atomic mass is 10.0. The van der Waals surface area contributed by atoms with Crippen LogP contribution in [0.5, 0.6) is 5.75 Å². The van der Waals surface area contributed by atoms with Crippen LogP contribution in [0.15, 0.2) is 79.0 Å². The molecule has 0 radical (unpaired) electrons. The van der Waals surface area contributed by atoms with E-state index in [9.17, 15) is 14.4 Å². The SMILES string of the molecule is COc1ccc(C(=O)N[C@@H](Cc2c[nH]c3ccccc23)C(=O)Nc2ccc(C(=O)NO)cc2)cc1. The number of carbonyl (C=O) groups excluding carboxylic acids is 3. The summed E-state index contributed by atoms with van der Waals surface area (Å²) in [4.78, 5) is 40.9. The van der Waals surface area contributed by atoms with Crippen LogP contribution in [0.25, 0.3) is 10.9 Å². The second kappa shape index (κ2) is 10.5. The zero-order valence-corrected chi connectivity index (χ0v) is 18.9. The Balaban J connectivity index is 1.56. The van der Waals surface area contributed by atoms with Gasteiger partial charge in [-0.15, -0.1) is 0 Å². The van der Waals surface area contributed by atoms with Crippen LogP contribution < -0.4 is 20.9 Å². The first-order valence-corrected chi connectivity index (χ1v) is 10.8. The van der Waals surface area contributed by atoms with Gasteiger partial charge in [0.05, 0.1) is 7.11 Å². The van der Waals surface area contributed by atoms with E-state index >= 15 is 0 Å². The van der Waals surface area contributed by atoms with Gasteiger partial charge >= 0.3 is 0 Å². The monoisotopic (exact) mass is 472 g/mol. The van der Waals surface area contributed by atoms with E-state index in [0.717, 1.165) is 16.5 Å². The standard InChI is InChI=1S/C26H24N4O5/c1-35-20-12-8-16(9-13-20)24(31)29-23(14-18-15-27-22-5-3-2-4-21(18)22)26(33)28-19-10-6-17(7-11-19)25(32)30-34/h2-13,15,23,27,34H,14H2,1H3,(H,28,33)(H,29,31)(H,30,32)/t23-/m0/s1. The summed E-state index contributed by atoms with van der Waals surface area (Å²) in [6.45, 7) is 0. The number of fused-ring (bicyclic) bond motifs is 1. The van der Waals surface area contributed by atoms with E-state index in [0.29, 0.717) is 17.0 Å². The van der Waals surface area contributed by atoms with E-state index in [4.69, 9.17) is 9.94 Å². The van der Waals surface area contributed by atoms with Gasteiger partial charge in [0, 0.05) is 40.3 Å². The fraction of sp³-hybridized carbons (Fsp3) is 0.115. The van der Waals surface area contributed by atoms with Gasteiger partial charge in [0.15, 0.2) is 0 Å². The summed E-state index contributed by atoms with van der Waals surface area (Å²) in [6.07, 6.45) is 2.08. The van der Waals surface area contributed by atoms with Crippen molar-refractivity contribution in [2.24, 2.45) is 0 Å². The number of nitrogens with one attached hydrogen (secondary N) is 4. The second-order valence-corrected chi connectivity index (χ2v) is 7.83. The molecule has 1 heterocycles. The Morgan fingerprint density at radius 3 is 2.26 bits per heavy atom. The number of aromatic amines is 1. The van der Waals surface area contributed by atoms with Crippen molar-refractivity contribution in [2.45, 2.75) is 12.5 Å². The van der Waals surface area contributed by atoms with Crippen LogP contribution in [0.4, 0.5) is 5.69 Å². The van der Waals surface area contributed by atoms with Gasteiger partial charge in [-0.3, -0.25) is 19.6 Å². The van der Waals surface area contributed by atoms with Crippen LogP contribution >= 0.6 is 0 Å². The maximum Gasteiger partial charge on any atom is 0.274 e. The third-order valence-corrected chi connectivity index (χ3v) is 5.59. The van der Waals surface area contributed by atoms with Crippen molar-refractivity contribution in [1.82, 2.24) is 15.8 Å². The number of aromatic nitrogens is 1. The van der Waals surface area contributed by atoms with Crippen LogP contribution in [0.1, 0.15) is 26.3 Å². The number of H-pyrrole nitrogens is 1. The average Bonchev–Trinajstić information content (AvgIpc) is 3.31. The molecule has 0 fully saturated rings. The molecule has 5 N–H and O–H groups in total. The number of ether oxygens (including phenoxy) is 1. The lowest BCUT2D eigenvalue weighted by Gasteiger charge is -2.19. The number of hydrogen-bond donors (Lipinski definition) is 5. The van der Waals surface area contributed by atoms with Crippen molar-refractivity contribution in [1.29, 1.82) is 0 Å². The van der Waals surface area contributed by atoms with Gasteiger partial charge in [0.1, 0.15) is 11.8 Å². The molecule has 3 amide bonds. The predicted molar refractivity (Wildman–Crippen MR) is 131 cm³/mol. The smallest absolute Gasteiger partial charge is 0.274 e. The fourth-order valence-corrected chi connectivity index (χ4v) is 3.71. The van der Waals surface area contributed by atoms with Gasteiger partial charge in [-0.2, -0.15) is 0 Å². The number of carbonyl (C=O) groups is 3. The molecule has 0 saturated heterocycles. The molecule has 178 valence electrons. The molecule has 0 aliphatic carbocycles. The van der Waals surface area contributed by atoms with Crippen LogP contribution in [-0.4, -0.2) is 41.1 Å². The Bertz CT molecular complexity index is 1350. The summed E-state index contributed by atoms with van der Waals surface area (Å²) in [7, 11) is 1.54. The molecule has 9 heteroatoms. The molecule has 1 aromatic heterocycles. The molecular formula is C26H24N4O5. The summed E-state index contributed by atoms with van der Waals surface area (Å²) in [5.41, 5.74) is 4.43. The van der Waals surface area contributed by atoms with Crippen LogP contribution in [0.2, 0.25) is 0 Å². The van der Waals surface area contributed by atoms with Gasteiger partial charge in [0.2, 0.25) is 5.91 Å². The van der Waals surface area contributed by atoms with Gasteiger partial charge in [-0.1, -0.05) is 18.2 Å². The van der Waals surface area contributed by atoms with E-state index in [-0.39, 0.29) is 12.0 Å². The summed E-state index contributed by atoms with van der Waals surface area (Å²) in [5.74, 6) is -0.862. The van der Waals surface area contributed by atoms with E-state index in [1.54, 1.807) is 36.9 Å². The first-order chi connectivity index (χ1) is 17.0. The van der Waals surface area contributed by atoms with Crippen LogP contribution in [0, 0.1) is 0 Å². The Morgan fingerprint density at radius 2 is 1.57 bits per heavy atom. The first-order valence-electron chi connectivity index (χ1n) is 10.8. The van der Waals surface area contributed by atoms with Crippen LogP contribution in [0.3, 0.4) is 0 Å². The topological polar surface area (TPSA) is 133 Å². The molecule has 0 spiro atoms. The summed E-state index contributed by atoms with van der Waals surface area (Å²) < 4.78 is 5.14. The molecule has 4 aromatic rings. The molecule has 0 unspecified atom stereocenters. The number of anilines is 1. The van der Waals surface area contributed by atoms with Crippen molar-refractivity contribution in [3.8, 4) is 5.75 Å². The molecule has 0 saturated carbocycles. The molecule has 9 nitrogen and oxygen atoms in total. The van der Waals surface area contributed by atoms with E-state index in [2.05, 4.69) is 15.6 Å². The minimum absolute atomic E-state index is 0.230. The van der Waals surface area contributed by atoms with Crippen molar-refractivity contribution in [3.63, 3.8) is 0 Å². The molecule has 35 heavy (non-hydrogen) atoms. The number of amides is 3. The Kier molecular flexibility index (Phi) is 7.08. The van der Waals surface area contributed by atoms with E-state index in [1.165, 1.54) is 24.3 Å². The van der Waals surface area contributed by atoms with Crippen molar-refractivity contribution < 1.29 is 24.3 Å². The Hall–Kier alpha value is -4.63. The molecular weight excluding hydrogens is 448 g/mol. The van der Waals surface area contributed by atoms with Crippen molar-refractivity contribution in [3.05, 3.63) is 95.7 Å². The molecule has 3 aromatic carbocycles. The average molecular weight is 473 g/mol. The number of hydroxylamine groups is 1. The third kappa shape index (κ3) is 5.48. The summed E-state index contributed by atoms with van der Waals surface area (Å²) in [6, 6.07) is 19.4. The molecule has 4 rings (SSSR count). The van der Waals surface area contributed by atoms with Gasteiger partial charge < -0.3 is 20.4 Å². The molecule has 1 atom stereocenters. The largest absolute Gasteiger partial charge is 0.497 e. The second-order valence-electron chi connectivity index (χ2n) is 7.83. The maximum atomic E-state index is 13.2. The minimum Gasteiger partial charge on any atom is -0.497 e. The highest BCUT2D eigenvalue weighted by Crippen LogP contribution is 2.20.